The van der Waals surface area contributed by atoms with Gasteiger partial charge in [0.25, 0.3) is 11.8 Å². The van der Waals surface area contributed by atoms with Crippen LogP contribution in [0.4, 0.5) is 0 Å². The lowest BCUT2D eigenvalue weighted by atomic mass is 10.0. The molecule has 0 radical (unpaired) electrons. The molecule has 2 aliphatic rings. The number of carbonyl (C=O) groups excluding carboxylic acids is 4. The average Bonchev–Trinajstić information content (AvgIpc) is 2.71. The van der Waals surface area contributed by atoms with Crippen LogP contribution in [0.2, 0.25) is 0 Å². The van der Waals surface area contributed by atoms with Crippen LogP contribution in [0.5, 0.6) is 0 Å². The van der Waals surface area contributed by atoms with Crippen LogP contribution in [0, 0.1) is 0 Å². The van der Waals surface area contributed by atoms with E-state index in [4.69, 9.17) is 0 Å². The summed E-state index contributed by atoms with van der Waals surface area (Å²) in [6, 6.07) is 3.89. The topological polar surface area (TPSA) is 83.6 Å². The Labute approximate surface area is 120 Å². The highest BCUT2D eigenvalue weighted by molar-refractivity contribution is 6.23. The van der Waals surface area contributed by atoms with Gasteiger partial charge in [0.1, 0.15) is 6.04 Å². The predicted molar refractivity (Wildman–Crippen MR) is 73.2 cm³/mol. The number of amides is 4. The smallest absolute Gasteiger partial charge is 0.262 e. The lowest BCUT2D eigenvalue weighted by Crippen LogP contribution is -2.54. The van der Waals surface area contributed by atoms with Crippen LogP contribution >= 0.6 is 0 Å². The summed E-state index contributed by atoms with van der Waals surface area (Å²) in [5.74, 6) is -2.00. The van der Waals surface area contributed by atoms with Crippen LogP contribution in [-0.4, -0.2) is 34.6 Å². The van der Waals surface area contributed by atoms with Crippen LogP contribution in [0.25, 0.3) is 6.08 Å². The number of piperidine rings is 1. The molecular weight excluding hydrogens is 272 g/mol. The molecule has 0 spiro atoms. The zero-order chi connectivity index (χ0) is 15.1. The molecule has 0 saturated carbocycles. The molecule has 0 aliphatic carbocycles. The Hall–Kier alpha value is -2.76. The number of benzene rings is 1. The molecule has 6 heteroatoms. The van der Waals surface area contributed by atoms with Gasteiger partial charge in [0.15, 0.2) is 0 Å². The third kappa shape index (κ3) is 1.96. The quantitative estimate of drug-likeness (QED) is 0.811. The number of imide groups is 2. The van der Waals surface area contributed by atoms with Crippen molar-refractivity contribution in [3.05, 3.63) is 41.5 Å². The van der Waals surface area contributed by atoms with Crippen molar-refractivity contribution in [3.63, 3.8) is 0 Å². The van der Waals surface area contributed by atoms with Crippen LogP contribution in [-0.2, 0) is 9.59 Å². The van der Waals surface area contributed by atoms with Gasteiger partial charge >= 0.3 is 0 Å². The molecule has 1 fully saturated rings. The van der Waals surface area contributed by atoms with E-state index in [0.717, 1.165) is 10.5 Å². The highest BCUT2D eigenvalue weighted by Crippen LogP contribution is 2.28. The highest BCUT2D eigenvalue weighted by atomic mass is 16.2. The van der Waals surface area contributed by atoms with Gasteiger partial charge in [-0.3, -0.25) is 29.4 Å². The van der Waals surface area contributed by atoms with E-state index in [1.54, 1.807) is 24.3 Å². The second-order valence-electron chi connectivity index (χ2n) is 4.96. The maximum atomic E-state index is 12.4. The Morgan fingerprint density at radius 1 is 1.14 bits per heavy atom. The lowest BCUT2D eigenvalue weighted by Gasteiger charge is -2.27. The highest BCUT2D eigenvalue weighted by Gasteiger charge is 2.44. The molecule has 1 aromatic carbocycles. The molecule has 1 atom stereocenters. The number of nitrogens with zero attached hydrogens (tertiary/aromatic N) is 1. The van der Waals surface area contributed by atoms with E-state index in [1.807, 2.05) is 0 Å². The number of fused-ring (bicyclic) bond motifs is 1. The minimum Gasteiger partial charge on any atom is -0.295 e. The fourth-order valence-electron chi connectivity index (χ4n) is 2.62. The van der Waals surface area contributed by atoms with Crippen LogP contribution in [0.3, 0.4) is 0 Å². The Morgan fingerprint density at radius 3 is 2.52 bits per heavy atom. The number of carbonyl (C=O) groups is 4. The standard InChI is InChI=1S/C15H12N2O4/c1-2-8-3-4-9-10(7-8)15(21)17(14(9)20)11-5-6-12(18)16-13(11)19/h2-4,7,11H,1,5-6H2,(H,16,18,19)/t11-/m1/s1. The first-order valence-electron chi connectivity index (χ1n) is 6.51. The van der Waals surface area contributed by atoms with Gasteiger partial charge in [0.2, 0.25) is 11.8 Å². The second kappa shape index (κ2) is 4.66. The zero-order valence-corrected chi connectivity index (χ0v) is 11.1. The van der Waals surface area contributed by atoms with Crippen LogP contribution < -0.4 is 5.32 Å². The SMILES string of the molecule is C=Cc1ccc2c(c1)C(=O)N([C@@H]1CCC(=O)NC1=O)C2=O. The van der Waals surface area contributed by atoms with E-state index in [1.165, 1.54) is 0 Å². The maximum absolute atomic E-state index is 12.4. The third-order valence-corrected chi connectivity index (χ3v) is 3.70. The summed E-state index contributed by atoms with van der Waals surface area (Å²) < 4.78 is 0. The van der Waals surface area contributed by atoms with Gasteiger partial charge in [-0.05, 0) is 24.1 Å². The molecule has 6 nitrogen and oxygen atoms in total. The normalized spacial score (nSPS) is 21.3. The molecule has 1 aromatic rings. The van der Waals surface area contributed by atoms with E-state index in [2.05, 4.69) is 11.9 Å². The summed E-state index contributed by atoms with van der Waals surface area (Å²) in [5.41, 5.74) is 1.26. The van der Waals surface area contributed by atoms with Crippen molar-refractivity contribution < 1.29 is 19.2 Å². The van der Waals surface area contributed by atoms with Crippen molar-refractivity contribution in [2.75, 3.05) is 0 Å². The Bertz CT molecular complexity index is 708. The predicted octanol–water partition coefficient (Wildman–Crippen LogP) is 0.731. The molecule has 1 saturated heterocycles. The lowest BCUT2D eigenvalue weighted by molar-refractivity contribution is -0.136. The zero-order valence-electron chi connectivity index (χ0n) is 11.1. The van der Waals surface area contributed by atoms with Crippen molar-refractivity contribution in [2.24, 2.45) is 0 Å². The number of rotatable bonds is 2. The van der Waals surface area contributed by atoms with E-state index in [-0.39, 0.29) is 29.9 Å². The van der Waals surface area contributed by atoms with Crippen molar-refractivity contribution in [1.29, 1.82) is 0 Å². The first-order valence-corrected chi connectivity index (χ1v) is 6.51. The van der Waals surface area contributed by atoms with Crippen molar-refractivity contribution in [2.45, 2.75) is 18.9 Å². The summed E-state index contributed by atoms with van der Waals surface area (Å²) in [6.07, 6.45) is 1.85. The van der Waals surface area contributed by atoms with E-state index in [9.17, 15) is 19.2 Å². The monoisotopic (exact) mass is 284 g/mol. The summed E-state index contributed by atoms with van der Waals surface area (Å²) in [4.78, 5) is 48.7. The fourth-order valence-corrected chi connectivity index (χ4v) is 2.62. The summed E-state index contributed by atoms with van der Waals surface area (Å²) in [7, 11) is 0. The maximum Gasteiger partial charge on any atom is 0.262 e. The molecule has 0 unspecified atom stereocenters. The minimum atomic E-state index is -0.928. The average molecular weight is 284 g/mol. The molecule has 0 aromatic heterocycles. The van der Waals surface area contributed by atoms with Gasteiger partial charge in [0, 0.05) is 6.42 Å². The van der Waals surface area contributed by atoms with E-state index < -0.39 is 23.8 Å². The molecule has 1 N–H and O–H groups in total. The van der Waals surface area contributed by atoms with Crippen molar-refractivity contribution >= 4 is 29.7 Å². The molecular formula is C15H12N2O4. The molecule has 2 aliphatic heterocycles. The van der Waals surface area contributed by atoms with Gasteiger partial charge in [-0.1, -0.05) is 18.7 Å². The van der Waals surface area contributed by atoms with Crippen LogP contribution in [0.1, 0.15) is 39.1 Å². The van der Waals surface area contributed by atoms with Crippen molar-refractivity contribution in [3.8, 4) is 0 Å². The van der Waals surface area contributed by atoms with Crippen LogP contribution in [0.15, 0.2) is 24.8 Å². The van der Waals surface area contributed by atoms with Gasteiger partial charge in [-0.15, -0.1) is 0 Å². The van der Waals surface area contributed by atoms with Crippen molar-refractivity contribution in [1.82, 2.24) is 10.2 Å². The molecule has 2 heterocycles. The Balaban J connectivity index is 1.98. The molecule has 0 bridgehead atoms. The molecule has 21 heavy (non-hydrogen) atoms. The van der Waals surface area contributed by atoms with Gasteiger partial charge in [-0.2, -0.15) is 0 Å². The Morgan fingerprint density at radius 2 is 1.86 bits per heavy atom. The second-order valence-corrected chi connectivity index (χ2v) is 4.96. The number of nitrogens with one attached hydrogen (secondary N) is 1. The molecule has 3 rings (SSSR count). The number of hydrogen-bond donors (Lipinski definition) is 1. The van der Waals surface area contributed by atoms with E-state index >= 15 is 0 Å². The molecule has 106 valence electrons. The van der Waals surface area contributed by atoms with E-state index in [0.29, 0.717) is 0 Å². The summed E-state index contributed by atoms with van der Waals surface area (Å²) in [6.45, 7) is 3.62. The number of hydrogen-bond acceptors (Lipinski definition) is 4. The van der Waals surface area contributed by atoms with Gasteiger partial charge < -0.3 is 0 Å². The fraction of sp³-hybridized carbons (Fsp3) is 0.200. The first kappa shape index (κ1) is 13.2. The Kier molecular flexibility index (Phi) is 2.94. The molecule has 4 amide bonds. The summed E-state index contributed by atoms with van der Waals surface area (Å²) >= 11 is 0. The largest absolute Gasteiger partial charge is 0.295 e. The van der Waals surface area contributed by atoms with Gasteiger partial charge in [-0.25, -0.2) is 0 Å². The first-order chi connectivity index (χ1) is 10.0. The summed E-state index contributed by atoms with van der Waals surface area (Å²) in [5, 5.41) is 2.16. The minimum absolute atomic E-state index is 0.113. The third-order valence-electron chi connectivity index (χ3n) is 3.70. The van der Waals surface area contributed by atoms with Gasteiger partial charge in [0.05, 0.1) is 11.1 Å².